The van der Waals surface area contributed by atoms with E-state index in [-0.39, 0.29) is 18.1 Å². The molecule has 4 rings (SSSR count). The van der Waals surface area contributed by atoms with E-state index < -0.39 is 11.9 Å². The Labute approximate surface area is 270 Å². The van der Waals surface area contributed by atoms with Crippen molar-refractivity contribution >= 4 is 35.0 Å². The Balaban J connectivity index is 0.00000271. The number of nitrogens with zero attached hydrogens (tertiary/aromatic N) is 1. The summed E-state index contributed by atoms with van der Waals surface area (Å²) in [6.45, 7) is 25.8. The maximum atomic E-state index is 12.6. The smallest absolute Gasteiger partial charge is 0.356 e. The Morgan fingerprint density at radius 1 is 0.533 bits per heavy atom. The van der Waals surface area contributed by atoms with Gasteiger partial charge in [-0.3, -0.25) is 0 Å². The predicted molar refractivity (Wildman–Crippen MR) is 189 cm³/mol. The van der Waals surface area contributed by atoms with Gasteiger partial charge in [0.25, 0.3) is 0 Å². The predicted octanol–water partition coefficient (Wildman–Crippen LogP) is 6.95. The number of rotatable bonds is 6. The van der Waals surface area contributed by atoms with Gasteiger partial charge in [-0.2, -0.15) is 0 Å². The van der Waals surface area contributed by atoms with E-state index in [1.807, 2.05) is 13.8 Å². The molecule has 0 aliphatic heterocycles. The standard InChI is InChI=1S/C37H42BNO4.C2H6/c1-19-13-21(3)33(22(4)14-19)38(34-23(5)15-20(2)16-24(34)6)35-27(9)25(7)32(26(8)28(35)10)29-17-30(36(40)42-11)39-31(18-29)37(41)43-12;1-2/h13-18H,1-12H3;1-2H3. The number of methoxy groups -OCH3 is 2. The molecule has 5 nitrogen and oxygen atoms in total. The zero-order valence-electron chi connectivity index (χ0n) is 29.6. The lowest BCUT2D eigenvalue weighted by atomic mass is 9.32. The molecule has 0 saturated heterocycles. The van der Waals surface area contributed by atoms with Gasteiger partial charge in [-0.25, -0.2) is 14.6 Å². The fraction of sp³-hybridized carbons (Fsp3) is 0.359. The van der Waals surface area contributed by atoms with Gasteiger partial charge in [-0.05, 0) is 104 Å². The van der Waals surface area contributed by atoms with Crippen LogP contribution in [0.5, 0.6) is 0 Å². The third-order valence-corrected chi connectivity index (χ3v) is 8.93. The molecule has 45 heavy (non-hydrogen) atoms. The summed E-state index contributed by atoms with van der Waals surface area (Å²) in [6.07, 6.45) is 0. The van der Waals surface area contributed by atoms with Gasteiger partial charge in [0.2, 0.25) is 6.71 Å². The number of aryl methyl sites for hydroxylation is 6. The minimum Gasteiger partial charge on any atom is -0.464 e. The van der Waals surface area contributed by atoms with Crippen molar-refractivity contribution in [1.82, 2.24) is 4.98 Å². The number of esters is 2. The fourth-order valence-electron chi connectivity index (χ4n) is 7.03. The molecule has 3 aromatic carbocycles. The summed E-state index contributed by atoms with van der Waals surface area (Å²) in [4.78, 5) is 29.4. The van der Waals surface area contributed by atoms with Gasteiger partial charge in [-0.15, -0.1) is 0 Å². The normalized spacial score (nSPS) is 10.6. The first-order valence-corrected chi connectivity index (χ1v) is 15.7. The van der Waals surface area contributed by atoms with Gasteiger partial charge in [0.15, 0.2) is 0 Å². The van der Waals surface area contributed by atoms with Crippen molar-refractivity contribution in [3.8, 4) is 11.1 Å². The lowest BCUT2D eigenvalue weighted by Crippen LogP contribution is -2.57. The maximum absolute atomic E-state index is 12.6. The van der Waals surface area contributed by atoms with Crippen LogP contribution in [-0.4, -0.2) is 37.9 Å². The maximum Gasteiger partial charge on any atom is 0.356 e. The molecule has 0 amide bonds. The van der Waals surface area contributed by atoms with Crippen LogP contribution < -0.4 is 16.4 Å². The second-order valence-electron chi connectivity index (χ2n) is 12.0. The zero-order chi connectivity index (χ0) is 33.9. The summed E-state index contributed by atoms with van der Waals surface area (Å²) in [5.41, 5.74) is 18.0. The molecule has 1 heterocycles. The first-order chi connectivity index (χ1) is 21.2. The SMILES string of the molecule is CC.COC(=O)c1cc(-c2c(C)c(C)c(B(c3c(C)cc(C)cc3C)c3c(C)cc(C)cc3C)c(C)c2C)cc(C(=O)OC)n1. The average molecular weight is 606 g/mol. The molecule has 0 atom stereocenters. The quantitative estimate of drug-likeness (QED) is 0.176. The number of carbonyl (C=O) groups excluding carboxylic acids is 2. The lowest BCUT2D eigenvalue weighted by molar-refractivity contribution is 0.0586. The Kier molecular flexibility index (Phi) is 11.2. The van der Waals surface area contributed by atoms with E-state index in [2.05, 4.69) is 98.5 Å². The molecule has 0 fully saturated rings. The van der Waals surface area contributed by atoms with Crippen molar-refractivity contribution in [1.29, 1.82) is 0 Å². The molecule has 236 valence electrons. The van der Waals surface area contributed by atoms with E-state index in [0.717, 1.165) is 22.3 Å². The summed E-state index contributed by atoms with van der Waals surface area (Å²) in [5, 5.41) is 0. The molecule has 0 saturated carbocycles. The first kappa shape index (κ1) is 35.3. The lowest BCUT2D eigenvalue weighted by Gasteiger charge is -2.30. The third-order valence-electron chi connectivity index (χ3n) is 8.93. The highest BCUT2D eigenvalue weighted by molar-refractivity contribution is 6.97. The molecular formula is C39H48BNO4. The van der Waals surface area contributed by atoms with Gasteiger partial charge in [0.05, 0.1) is 14.2 Å². The minimum atomic E-state index is -0.608. The van der Waals surface area contributed by atoms with Gasteiger partial charge in [0.1, 0.15) is 11.4 Å². The van der Waals surface area contributed by atoms with Crippen molar-refractivity contribution in [3.63, 3.8) is 0 Å². The Morgan fingerprint density at radius 3 is 1.18 bits per heavy atom. The summed E-state index contributed by atoms with van der Waals surface area (Å²) < 4.78 is 9.92. The minimum absolute atomic E-state index is 0.0290. The van der Waals surface area contributed by atoms with Gasteiger partial charge in [-0.1, -0.05) is 99.0 Å². The van der Waals surface area contributed by atoms with Crippen LogP contribution in [0, 0.1) is 69.2 Å². The molecule has 0 aliphatic carbocycles. The summed E-state index contributed by atoms with van der Waals surface area (Å²) >= 11 is 0. The summed E-state index contributed by atoms with van der Waals surface area (Å²) in [7, 11) is 2.61. The zero-order valence-corrected chi connectivity index (χ0v) is 29.6. The van der Waals surface area contributed by atoms with E-state index in [1.54, 1.807) is 12.1 Å². The number of pyridine rings is 1. The monoisotopic (exact) mass is 605 g/mol. The number of benzene rings is 3. The number of aromatic nitrogens is 1. The molecule has 0 aliphatic rings. The number of carbonyl (C=O) groups is 2. The van der Waals surface area contributed by atoms with Crippen molar-refractivity contribution in [2.24, 2.45) is 0 Å². The molecule has 1 aromatic heterocycles. The van der Waals surface area contributed by atoms with Crippen molar-refractivity contribution < 1.29 is 19.1 Å². The van der Waals surface area contributed by atoms with Crippen LogP contribution >= 0.6 is 0 Å². The topological polar surface area (TPSA) is 65.5 Å². The molecule has 0 N–H and O–H groups in total. The van der Waals surface area contributed by atoms with Crippen molar-refractivity contribution in [2.75, 3.05) is 14.2 Å². The van der Waals surface area contributed by atoms with Gasteiger partial charge >= 0.3 is 11.9 Å². The van der Waals surface area contributed by atoms with Crippen LogP contribution in [0.25, 0.3) is 11.1 Å². The van der Waals surface area contributed by atoms with E-state index in [1.165, 1.54) is 75.1 Å². The van der Waals surface area contributed by atoms with Crippen LogP contribution in [0.4, 0.5) is 0 Å². The Bertz CT molecular complexity index is 1620. The second kappa shape index (κ2) is 14.3. The van der Waals surface area contributed by atoms with Crippen molar-refractivity contribution in [2.45, 2.75) is 83.1 Å². The fourth-order valence-corrected chi connectivity index (χ4v) is 7.03. The molecule has 0 bridgehead atoms. The highest BCUT2D eigenvalue weighted by Gasteiger charge is 2.33. The summed E-state index contributed by atoms with van der Waals surface area (Å²) in [5.74, 6) is -1.22. The highest BCUT2D eigenvalue weighted by atomic mass is 16.5. The Morgan fingerprint density at radius 2 is 0.867 bits per heavy atom. The number of hydrogen-bond donors (Lipinski definition) is 0. The van der Waals surface area contributed by atoms with Crippen LogP contribution in [-0.2, 0) is 9.47 Å². The van der Waals surface area contributed by atoms with E-state index in [0.29, 0.717) is 0 Å². The Hall–Kier alpha value is -4.19. The molecule has 4 aromatic rings. The van der Waals surface area contributed by atoms with E-state index in [4.69, 9.17) is 9.47 Å². The van der Waals surface area contributed by atoms with E-state index in [9.17, 15) is 9.59 Å². The van der Waals surface area contributed by atoms with Crippen molar-refractivity contribution in [3.05, 3.63) is 103 Å². The highest BCUT2D eigenvalue weighted by Crippen LogP contribution is 2.32. The molecule has 6 heteroatoms. The first-order valence-electron chi connectivity index (χ1n) is 15.7. The largest absolute Gasteiger partial charge is 0.464 e. The second-order valence-corrected chi connectivity index (χ2v) is 12.0. The van der Waals surface area contributed by atoms with E-state index >= 15 is 0 Å². The van der Waals surface area contributed by atoms with Gasteiger partial charge < -0.3 is 9.47 Å². The molecule has 0 unspecified atom stereocenters. The van der Waals surface area contributed by atoms with Crippen LogP contribution in [0.2, 0.25) is 0 Å². The number of ether oxygens (including phenoxy) is 2. The number of hydrogen-bond acceptors (Lipinski definition) is 5. The van der Waals surface area contributed by atoms with Crippen LogP contribution in [0.1, 0.15) is 90.5 Å². The van der Waals surface area contributed by atoms with Crippen LogP contribution in [0.15, 0.2) is 36.4 Å². The molecular weight excluding hydrogens is 557 g/mol. The molecule has 0 spiro atoms. The average Bonchev–Trinajstić information content (AvgIpc) is 2.99. The van der Waals surface area contributed by atoms with Gasteiger partial charge in [0, 0.05) is 0 Å². The summed E-state index contributed by atoms with van der Waals surface area (Å²) in [6, 6.07) is 12.5. The molecule has 0 radical (unpaired) electrons. The third kappa shape index (κ3) is 6.75. The van der Waals surface area contributed by atoms with Crippen LogP contribution in [0.3, 0.4) is 0 Å².